The van der Waals surface area contributed by atoms with Crippen LogP contribution in [0.4, 0.5) is 0 Å². The van der Waals surface area contributed by atoms with Crippen molar-refractivity contribution >= 4 is 34.9 Å². The Morgan fingerprint density at radius 1 is 1.44 bits per heavy atom. The average Bonchev–Trinajstić information content (AvgIpc) is 2.51. The van der Waals surface area contributed by atoms with Gasteiger partial charge in [0.25, 0.3) is 0 Å². The van der Waals surface area contributed by atoms with Crippen molar-refractivity contribution in [2.24, 2.45) is 0 Å². The molecule has 2 rings (SSSR count). The number of carbonyl (C=O) groups excluding carboxylic acids is 2. The highest BCUT2D eigenvalue weighted by Gasteiger charge is 2.33. The number of benzene rings is 1. The van der Waals surface area contributed by atoms with Gasteiger partial charge in [0.05, 0.1) is 16.1 Å². The van der Waals surface area contributed by atoms with Crippen LogP contribution in [0.15, 0.2) is 12.1 Å². The Morgan fingerprint density at radius 3 is 2.75 bits per heavy atom. The van der Waals surface area contributed by atoms with Crippen molar-refractivity contribution < 1.29 is 9.59 Å². The molecule has 3 nitrogen and oxygen atoms in total. The van der Waals surface area contributed by atoms with Crippen molar-refractivity contribution in [3.05, 3.63) is 33.3 Å². The summed E-state index contributed by atoms with van der Waals surface area (Å²) in [6, 6.07) is 2.73. The van der Waals surface area contributed by atoms with Crippen molar-refractivity contribution in [3.63, 3.8) is 0 Å². The molecule has 0 fully saturated rings. The molecule has 84 valence electrons. The molecule has 1 atom stereocenters. The van der Waals surface area contributed by atoms with E-state index in [1.165, 1.54) is 6.92 Å². The number of hydrogen-bond acceptors (Lipinski definition) is 2. The molecule has 1 N–H and O–H groups in total. The van der Waals surface area contributed by atoms with Gasteiger partial charge in [-0.1, -0.05) is 23.2 Å². The van der Waals surface area contributed by atoms with Crippen LogP contribution in [-0.2, 0) is 11.2 Å². The van der Waals surface area contributed by atoms with E-state index in [1.54, 1.807) is 12.1 Å². The smallest absolute Gasteiger partial charge is 0.217 e. The van der Waals surface area contributed by atoms with E-state index in [9.17, 15) is 9.59 Å². The molecule has 0 aromatic heterocycles. The Hall–Kier alpha value is -1.06. The summed E-state index contributed by atoms with van der Waals surface area (Å²) in [5.41, 5.74) is 1.27. The molecule has 0 bridgehead atoms. The molecule has 0 unspecified atom stereocenters. The fourth-order valence-corrected chi connectivity index (χ4v) is 2.29. The molecule has 0 saturated carbocycles. The lowest BCUT2D eigenvalue weighted by atomic mass is 10.1. The van der Waals surface area contributed by atoms with Gasteiger partial charge in [-0.2, -0.15) is 0 Å². The van der Waals surface area contributed by atoms with E-state index in [0.717, 1.165) is 5.56 Å². The van der Waals surface area contributed by atoms with E-state index in [2.05, 4.69) is 5.32 Å². The third kappa shape index (κ3) is 1.81. The molecular formula is C11H9Cl2NO2. The van der Waals surface area contributed by atoms with Crippen molar-refractivity contribution in [2.75, 3.05) is 0 Å². The molecule has 1 aliphatic carbocycles. The van der Waals surface area contributed by atoms with Gasteiger partial charge in [0, 0.05) is 18.9 Å². The maximum absolute atomic E-state index is 11.9. The first-order valence-corrected chi connectivity index (χ1v) is 5.54. The molecule has 1 aliphatic rings. The molecule has 16 heavy (non-hydrogen) atoms. The zero-order chi connectivity index (χ0) is 11.9. The Morgan fingerprint density at radius 2 is 2.12 bits per heavy atom. The van der Waals surface area contributed by atoms with Gasteiger partial charge in [0.2, 0.25) is 5.91 Å². The summed E-state index contributed by atoms with van der Waals surface area (Å²) in [5.74, 6) is -0.336. The summed E-state index contributed by atoms with van der Waals surface area (Å²) in [5, 5.41) is 3.43. The second kappa shape index (κ2) is 4.07. The van der Waals surface area contributed by atoms with E-state index in [0.29, 0.717) is 22.0 Å². The quantitative estimate of drug-likeness (QED) is 0.839. The lowest BCUT2D eigenvalue weighted by molar-refractivity contribution is -0.119. The van der Waals surface area contributed by atoms with Crippen molar-refractivity contribution in [3.8, 4) is 0 Å². The summed E-state index contributed by atoms with van der Waals surface area (Å²) in [7, 11) is 0. The highest BCUT2D eigenvalue weighted by atomic mass is 35.5. The Labute approximate surface area is 103 Å². The number of fused-ring (bicyclic) bond motifs is 1. The number of Topliss-reactive ketones (excluding diaryl/α,β-unsaturated/α-hetero) is 1. The first kappa shape index (κ1) is 11.4. The molecule has 1 aromatic rings. The average molecular weight is 258 g/mol. The van der Waals surface area contributed by atoms with E-state index in [4.69, 9.17) is 23.2 Å². The van der Waals surface area contributed by atoms with Crippen LogP contribution in [0.5, 0.6) is 0 Å². The minimum Gasteiger partial charge on any atom is -0.346 e. The predicted molar refractivity (Wildman–Crippen MR) is 62.1 cm³/mol. The van der Waals surface area contributed by atoms with Crippen LogP contribution in [0.1, 0.15) is 22.8 Å². The third-order valence-corrected chi connectivity index (χ3v) is 3.41. The van der Waals surface area contributed by atoms with Crippen LogP contribution in [0, 0.1) is 0 Å². The van der Waals surface area contributed by atoms with Gasteiger partial charge in [0.1, 0.15) is 0 Å². The highest BCUT2D eigenvalue weighted by molar-refractivity contribution is 6.43. The molecule has 1 amide bonds. The minimum atomic E-state index is -0.511. The summed E-state index contributed by atoms with van der Waals surface area (Å²) >= 11 is 11.9. The van der Waals surface area contributed by atoms with Gasteiger partial charge in [0.15, 0.2) is 5.78 Å². The molecule has 0 spiro atoms. The zero-order valence-corrected chi connectivity index (χ0v) is 10.0. The van der Waals surface area contributed by atoms with Gasteiger partial charge in [-0.05, 0) is 17.7 Å². The molecule has 1 aromatic carbocycles. The van der Waals surface area contributed by atoms with Gasteiger partial charge in [-0.25, -0.2) is 0 Å². The largest absolute Gasteiger partial charge is 0.346 e. The Kier molecular flexibility index (Phi) is 2.91. The number of halogens is 2. The van der Waals surface area contributed by atoms with Crippen LogP contribution >= 0.6 is 23.2 Å². The fourth-order valence-electron chi connectivity index (χ4n) is 1.87. The second-order valence-corrected chi connectivity index (χ2v) is 4.49. The summed E-state index contributed by atoms with van der Waals surface area (Å²) < 4.78 is 0. The number of carbonyl (C=O) groups is 2. The molecule has 5 heteroatoms. The Balaban J connectivity index is 2.38. The summed E-state index contributed by atoms with van der Waals surface area (Å²) in [6.07, 6.45) is 0.410. The first-order chi connectivity index (χ1) is 7.50. The SMILES string of the molecule is CC(=O)N[C@H]1Cc2c(ccc(Cl)c2Cl)C1=O. The van der Waals surface area contributed by atoms with Crippen molar-refractivity contribution in [2.45, 2.75) is 19.4 Å². The number of hydrogen-bond donors (Lipinski definition) is 1. The van der Waals surface area contributed by atoms with Crippen molar-refractivity contribution in [1.29, 1.82) is 0 Å². The number of nitrogens with one attached hydrogen (secondary N) is 1. The fraction of sp³-hybridized carbons (Fsp3) is 0.273. The predicted octanol–water partition coefficient (Wildman–Crippen LogP) is 2.24. The van der Waals surface area contributed by atoms with Gasteiger partial charge in [-0.3, -0.25) is 9.59 Å². The molecule has 0 radical (unpaired) electrons. The zero-order valence-electron chi connectivity index (χ0n) is 8.51. The molecule has 0 aliphatic heterocycles. The van der Waals surface area contributed by atoms with E-state index in [-0.39, 0.29) is 11.7 Å². The van der Waals surface area contributed by atoms with Gasteiger partial charge in [-0.15, -0.1) is 0 Å². The maximum atomic E-state index is 11.9. The maximum Gasteiger partial charge on any atom is 0.217 e. The van der Waals surface area contributed by atoms with Crippen LogP contribution < -0.4 is 5.32 Å². The normalized spacial score (nSPS) is 18.4. The van der Waals surface area contributed by atoms with Gasteiger partial charge >= 0.3 is 0 Å². The lowest BCUT2D eigenvalue weighted by Gasteiger charge is -2.07. The van der Waals surface area contributed by atoms with Gasteiger partial charge < -0.3 is 5.32 Å². The van der Waals surface area contributed by atoms with E-state index >= 15 is 0 Å². The molecule has 0 saturated heterocycles. The Bertz CT molecular complexity index is 485. The number of amides is 1. The van der Waals surface area contributed by atoms with Crippen LogP contribution in [0.2, 0.25) is 10.0 Å². The number of ketones is 1. The van der Waals surface area contributed by atoms with Crippen LogP contribution in [-0.4, -0.2) is 17.7 Å². The van der Waals surface area contributed by atoms with Crippen molar-refractivity contribution in [1.82, 2.24) is 5.32 Å². The summed E-state index contributed by atoms with van der Waals surface area (Å²) in [4.78, 5) is 22.8. The number of rotatable bonds is 1. The third-order valence-electron chi connectivity index (χ3n) is 2.56. The molecular weight excluding hydrogens is 249 g/mol. The second-order valence-electron chi connectivity index (χ2n) is 3.71. The molecule has 0 heterocycles. The summed E-state index contributed by atoms with van der Waals surface area (Å²) in [6.45, 7) is 1.38. The topological polar surface area (TPSA) is 46.2 Å². The van der Waals surface area contributed by atoms with Crippen LogP contribution in [0.3, 0.4) is 0 Å². The lowest BCUT2D eigenvalue weighted by Crippen LogP contribution is -2.37. The minimum absolute atomic E-state index is 0.108. The van der Waals surface area contributed by atoms with E-state index < -0.39 is 6.04 Å². The standard InChI is InChI=1S/C11H9Cl2NO2/c1-5(15)14-9-4-7-6(11(9)16)2-3-8(12)10(7)13/h2-3,9H,4H2,1H3,(H,14,15)/t9-/m0/s1. The monoisotopic (exact) mass is 257 g/mol. The van der Waals surface area contributed by atoms with E-state index in [1.807, 2.05) is 0 Å². The highest BCUT2D eigenvalue weighted by Crippen LogP contribution is 2.34. The first-order valence-electron chi connectivity index (χ1n) is 4.79. The van der Waals surface area contributed by atoms with Crippen LogP contribution in [0.25, 0.3) is 0 Å².